The third-order valence-electron chi connectivity index (χ3n) is 4.14. The molecule has 0 bridgehead atoms. The number of likely N-dealkylation sites (tertiary alicyclic amines) is 1. The summed E-state index contributed by atoms with van der Waals surface area (Å²) in [5, 5.41) is 0. The number of carbonyl (C=O) groups excluding carboxylic acids is 1. The molecule has 0 unspecified atom stereocenters. The molecule has 1 spiro atoms. The van der Waals surface area contributed by atoms with E-state index in [1.807, 2.05) is 25.7 Å². The number of amides is 1. The van der Waals surface area contributed by atoms with E-state index in [0.717, 1.165) is 19.0 Å². The number of ether oxygens (including phenoxy) is 1. The molecule has 24 heavy (non-hydrogen) atoms. The van der Waals surface area contributed by atoms with Gasteiger partial charge in [-0.15, -0.1) is 0 Å². The van der Waals surface area contributed by atoms with Gasteiger partial charge in [-0.05, 0) is 64.8 Å². The molecule has 1 saturated heterocycles. The van der Waals surface area contributed by atoms with Crippen molar-refractivity contribution in [3.8, 4) is 0 Å². The van der Waals surface area contributed by atoms with Crippen molar-refractivity contribution in [2.45, 2.75) is 85.7 Å². The third kappa shape index (κ3) is 10.4. The maximum absolute atomic E-state index is 11.9. The normalized spacial score (nSPS) is 19.3. The predicted octanol–water partition coefficient (Wildman–Crippen LogP) is 5.29. The van der Waals surface area contributed by atoms with Crippen molar-refractivity contribution >= 4 is 18.9 Å². The van der Waals surface area contributed by atoms with E-state index < -0.39 is 0 Å². The van der Waals surface area contributed by atoms with E-state index >= 15 is 0 Å². The van der Waals surface area contributed by atoms with Gasteiger partial charge in [0.05, 0.1) is 0 Å². The van der Waals surface area contributed by atoms with Crippen LogP contribution in [0.1, 0.15) is 80.1 Å². The monoisotopic (exact) mass is 360 g/mol. The van der Waals surface area contributed by atoms with Crippen LogP contribution in [0.15, 0.2) is 0 Å². The first-order valence-electron chi connectivity index (χ1n) is 9.34. The van der Waals surface area contributed by atoms with Crippen molar-refractivity contribution in [2.75, 3.05) is 20.1 Å². The number of hydrogen-bond acceptors (Lipinski definition) is 4. The van der Waals surface area contributed by atoms with Gasteiger partial charge >= 0.3 is 6.09 Å². The molecule has 2 aliphatic rings. The highest BCUT2D eigenvalue weighted by molar-refractivity contribution is 7.78. The predicted molar refractivity (Wildman–Crippen MR) is 106 cm³/mol. The van der Waals surface area contributed by atoms with Crippen LogP contribution in [-0.4, -0.2) is 36.7 Å². The minimum Gasteiger partial charge on any atom is -0.444 e. The lowest BCUT2D eigenvalue weighted by Crippen LogP contribution is -2.44. The lowest BCUT2D eigenvalue weighted by atomic mass is 9.77. The summed E-state index contributed by atoms with van der Waals surface area (Å²) in [6.45, 7) is 14.0. The van der Waals surface area contributed by atoms with Crippen LogP contribution >= 0.6 is 12.8 Å². The van der Waals surface area contributed by atoms with E-state index in [-0.39, 0.29) is 11.7 Å². The molecule has 4 nitrogen and oxygen atoms in total. The van der Waals surface area contributed by atoms with Crippen LogP contribution in [0.4, 0.5) is 4.79 Å². The van der Waals surface area contributed by atoms with Gasteiger partial charge in [-0.3, -0.25) is 4.72 Å². The molecule has 1 N–H and O–H groups in total. The van der Waals surface area contributed by atoms with Gasteiger partial charge in [0.15, 0.2) is 0 Å². The Balaban J connectivity index is 0.000000648. The Hall–Kier alpha value is -0.420. The lowest BCUT2D eigenvalue weighted by Gasteiger charge is -2.39. The average molecular weight is 361 g/mol. The fourth-order valence-electron chi connectivity index (χ4n) is 3.12. The van der Waals surface area contributed by atoms with Crippen LogP contribution in [0, 0.1) is 11.3 Å². The molecule has 1 heterocycles. The summed E-state index contributed by atoms with van der Waals surface area (Å²) in [6.07, 6.45) is 7.71. The van der Waals surface area contributed by atoms with Gasteiger partial charge < -0.3 is 9.64 Å². The molecular formula is C19H40N2O2S. The molecule has 1 aliphatic carbocycles. The molecule has 0 atom stereocenters. The number of hydrogen-bond donors (Lipinski definition) is 2. The molecule has 1 aliphatic heterocycles. The molecule has 0 aromatic rings. The number of piperidine rings is 1. The van der Waals surface area contributed by atoms with Crippen molar-refractivity contribution in [1.29, 1.82) is 0 Å². The zero-order valence-electron chi connectivity index (χ0n) is 16.9. The molecule has 0 aromatic heterocycles. The standard InChI is InChI=1S/C14H25NO2.C4H10.CH5NS/c1-13(2,3)17-12(16)15-10-8-14(9-11-15)6-4-5-7-14;1-4(2)3;1-2-3/h4-11H2,1-3H3;4H,1-3H3;2-3H,1H3. The Bertz CT molecular complexity index is 335. The van der Waals surface area contributed by atoms with Crippen LogP contribution in [0.3, 0.4) is 0 Å². The van der Waals surface area contributed by atoms with E-state index in [1.54, 1.807) is 7.05 Å². The molecule has 144 valence electrons. The molecule has 1 saturated carbocycles. The average Bonchev–Trinajstić information content (AvgIpc) is 2.86. The summed E-state index contributed by atoms with van der Waals surface area (Å²) < 4.78 is 7.86. The summed E-state index contributed by atoms with van der Waals surface area (Å²) in [5.41, 5.74) is 0.193. The van der Waals surface area contributed by atoms with E-state index in [2.05, 4.69) is 38.3 Å². The van der Waals surface area contributed by atoms with Crippen molar-refractivity contribution < 1.29 is 9.53 Å². The first-order chi connectivity index (χ1) is 11.0. The summed E-state index contributed by atoms with van der Waals surface area (Å²) in [7, 11) is 1.74. The van der Waals surface area contributed by atoms with Gasteiger partial charge in [-0.2, -0.15) is 0 Å². The second-order valence-electron chi connectivity index (χ2n) is 8.63. The van der Waals surface area contributed by atoms with Crippen molar-refractivity contribution in [2.24, 2.45) is 11.3 Å². The Labute approximate surface area is 155 Å². The minimum absolute atomic E-state index is 0.134. The van der Waals surface area contributed by atoms with Gasteiger partial charge in [0.2, 0.25) is 0 Å². The van der Waals surface area contributed by atoms with Crippen LogP contribution in [-0.2, 0) is 4.74 Å². The van der Waals surface area contributed by atoms with Crippen molar-refractivity contribution in [3.05, 3.63) is 0 Å². The summed E-state index contributed by atoms with van der Waals surface area (Å²) in [4.78, 5) is 13.8. The number of nitrogens with zero attached hydrogens (tertiary/aromatic N) is 1. The van der Waals surface area contributed by atoms with Gasteiger partial charge in [-0.1, -0.05) is 46.4 Å². The van der Waals surface area contributed by atoms with E-state index in [1.165, 1.54) is 38.5 Å². The quantitative estimate of drug-likeness (QED) is 0.577. The van der Waals surface area contributed by atoms with Crippen molar-refractivity contribution in [1.82, 2.24) is 9.62 Å². The highest BCUT2D eigenvalue weighted by Gasteiger charge is 2.38. The van der Waals surface area contributed by atoms with Crippen molar-refractivity contribution in [3.63, 3.8) is 0 Å². The Morgan fingerprint density at radius 1 is 1.08 bits per heavy atom. The van der Waals surface area contributed by atoms with Crippen LogP contribution in [0.5, 0.6) is 0 Å². The largest absolute Gasteiger partial charge is 0.444 e. The van der Waals surface area contributed by atoms with Gasteiger partial charge in [0.1, 0.15) is 5.60 Å². The maximum atomic E-state index is 11.9. The number of rotatable bonds is 0. The maximum Gasteiger partial charge on any atom is 0.410 e. The third-order valence-corrected chi connectivity index (χ3v) is 4.14. The molecule has 1 amide bonds. The first-order valence-corrected chi connectivity index (χ1v) is 9.79. The molecule has 5 heteroatoms. The van der Waals surface area contributed by atoms with E-state index in [0.29, 0.717) is 5.41 Å². The highest BCUT2D eigenvalue weighted by Crippen LogP contribution is 2.46. The first kappa shape index (κ1) is 23.6. The molecular weight excluding hydrogens is 320 g/mol. The summed E-state index contributed by atoms with van der Waals surface area (Å²) in [5.74, 6) is 0.833. The minimum atomic E-state index is -0.375. The van der Waals surface area contributed by atoms with Crippen LogP contribution in [0.25, 0.3) is 0 Å². The number of thiol groups is 1. The summed E-state index contributed by atoms with van der Waals surface area (Å²) in [6, 6.07) is 0. The van der Waals surface area contributed by atoms with Gasteiger partial charge in [0.25, 0.3) is 0 Å². The topological polar surface area (TPSA) is 41.6 Å². The molecule has 2 fully saturated rings. The number of nitrogens with one attached hydrogen (secondary N) is 1. The Morgan fingerprint density at radius 2 is 1.46 bits per heavy atom. The fourth-order valence-corrected chi connectivity index (χ4v) is 3.12. The number of carbonyl (C=O) groups is 1. The van der Waals surface area contributed by atoms with E-state index in [4.69, 9.17) is 4.74 Å². The molecule has 2 rings (SSSR count). The molecule has 0 aromatic carbocycles. The zero-order chi connectivity index (χ0) is 18.8. The SMILES string of the molecule is CC(C)(C)OC(=O)N1CCC2(CCCC2)CC1.CC(C)C.CNS. The van der Waals surface area contributed by atoms with Crippen LogP contribution < -0.4 is 4.72 Å². The zero-order valence-corrected chi connectivity index (χ0v) is 17.8. The Kier molecular flexibility index (Phi) is 11.0. The summed E-state index contributed by atoms with van der Waals surface area (Å²) >= 11 is 3.54. The smallest absolute Gasteiger partial charge is 0.410 e. The van der Waals surface area contributed by atoms with Crippen LogP contribution in [0.2, 0.25) is 0 Å². The fraction of sp³-hybridized carbons (Fsp3) is 0.947. The second-order valence-corrected chi connectivity index (χ2v) is 9.08. The Morgan fingerprint density at radius 3 is 1.79 bits per heavy atom. The second kappa shape index (κ2) is 11.2. The van der Waals surface area contributed by atoms with Gasteiger partial charge in [-0.25, -0.2) is 4.79 Å². The molecule has 0 radical (unpaired) electrons. The van der Waals surface area contributed by atoms with Gasteiger partial charge in [0, 0.05) is 13.1 Å². The van der Waals surface area contributed by atoms with E-state index in [9.17, 15) is 4.79 Å². The highest BCUT2D eigenvalue weighted by atomic mass is 32.1. The lowest BCUT2D eigenvalue weighted by molar-refractivity contribution is 0.0107.